The maximum absolute atomic E-state index is 13.1. The van der Waals surface area contributed by atoms with Crippen molar-refractivity contribution in [1.82, 2.24) is 15.8 Å². The number of nitrogens with zero attached hydrogens (tertiary/aromatic N) is 1. The fraction of sp³-hybridized carbons (Fsp3) is 0.200. The van der Waals surface area contributed by atoms with Gasteiger partial charge in [0.1, 0.15) is 17.1 Å². The fourth-order valence-corrected chi connectivity index (χ4v) is 2.75. The van der Waals surface area contributed by atoms with Gasteiger partial charge >= 0.3 is 12.0 Å². The Labute approximate surface area is 170 Å². The second kappa shape index (κ2) is 8.60. The van der Waals surface area contributed by atoms with Crippen LogP contribution in [-0.2, 0) is 24.7 Å². The van der Waals surface area contributed by atoms with Crippen molar-refractivity contribution in [2.24, 2.45) is 0 Å². The molecule has 0 bridgehead atoms. The lowest BCUT2D eigenvalue weighted by atomic mass is 9.92. The van der Waals surface area contributed by atoms with Gasteiger partial charge in [0, 0.05) is 6.07 Å². The minimum absolute atomic E-state index is 0.121. The second-order valence-electron chi connectivity index (χ2n) is 6.50. The van der Waals surface area contributed by atoms with Crippen LogP contribution in [0.1, 0.15) is 12.5 Å². The normalized spacial score (nSPS) is 18.0. The number of ether oxygens (including phenoxy) is 2. The van der Waals surface area contributed by atoms with Crippen LogP contribution in [0, 0.1) is 5.82 Å². The molecule has 1 aliphatic rings. The topological polar surface area (TPSA) is 114 Å². The third-order valence-corrected chi connectivity index (χ3v) is 4.30. The van der Waals surface area contributed by atoms with Crippen LogP contribution in [0.2, 0.25) is 0 Å². The molecular formula is C20H18FN3O6. The van der Waals surface area contributed by atoms with E-state index >= 15 is 0 Å². The average molecular weight is 415 g/mol. The Morgan fingerprint density at radius 3 is 2.53 bits per heavy atom. The van der Waals surface area contributed by atoms with E-state index in [0.29, 0.717) is 10.6 Å². The second-order valence-corrected chi connectivity index (χ2v) is 6.50. The standard InChI is InChI=1S/C20H18FN3O6/c1-20(13-6-3-2-4-7-13)18(27)24(19(28)22-20)23-16(25)11-30-17(26)12-29-15-9-5-8-14(21)10-15/h2-10H,11-12H2,1H3,(H,22,28)(H,23,25)/t20-/m0/s1. The predicted molar refractivity (Wildman–Crippen MR) is 100 cm³/mol. The molecule has 1 fully saturated rings. The molecule has 30 heavy (non-hydrogen) atoms. The van der Waals surface area contributed by atoms with E-state index in [9.17, 15) is 23.6 Å². The molecule has 3 rings (SSSR count). The molecule has 9 nitrogen and oxygen atoms in total. The molecule has 0 aromatic heterocycles. The van der Waals surface area contributed by atoms with Gasteiger partial charge in [-0.05, 0) is 24.6 Å². The van der Waals surface area contributed by atoms with Gasteiger partial charge in [-0.2, -0.15) is 5.01 Å². The third kappa shape index (κ3) is 4.54. The van der Waals surface area contributed by atoms with Gasteiger partial charge in [-0.1, -0.05) is 36.4 Å². The van der Waals surface area contributed by atoms with Crippen LogP contribution in [-0.4, -0.2) is 42.0 Å². The number of amides is 4. The lowest BCUT2D eigenvalue weighted by Gasteiger charge is -2.22. The Morgan fingerprint density at radius 1 is 1.10 bits per heavy atom. The van der Waals surface area contributed by atoms with E-state index in [1.807, 2.05) is 0 Å². The molecule has 0 unspecified atom stereocenters. The highest BCUT2D eigenvalue weighted by Crippen LogP contribution is 2.27. The first-order valence-electron chi connectivity index (χ1n) is 8.85. The number of hydrogen-bond donors (Lipinski definition) is 2. The van der Waals surface area contributed by atoms with Gasteiger partial charge in [0.15, 0.2) is 13.2 Å². The number of carbonyl (C=O) groups excluding carboxylic acids is 4. The van der Waals surface area contributed by atoms with E-state index in [4.69, 9.17) is 9.47 Å². The highest BCUT2D eigenvalue weighted by atomic mass is 19.1. The summed E-state index contributed by atoms with van der Waals surface area (Å²) >= 11 is 0. The minimum Gasteiger partial charge on any atom is -0.482 e. The van der Waals surface area contributed by atoms with Gasteiger partial charge in [-0.15, -0.1) is 0 Å². The van der Waals surface area contributed by atoms with Crippen LogP contribution >= 0.6 is 0 Å². The maximum Gasteiger partial charge on any atom is 0.344 e. The molecule has 0 aliphatic carbocycles. The predicted octanol–water partition coefficient (Wildman–Crippen LogP) is 1.25. The van der Waals surface area contributed by atoms with Gasteiger partial charge in [0.05, 0.1) is 0 Å². The van der Waals surface area contributed by atoms with Crippen molar-refractivity contribution in [1.29, 1.82) is 0 Å². The van der Waals surface area contributed by atoms with Crippen LogP contribution in [0.4, 0.5) is 9.18 Å². The van der Waals surface area contributed by atoms with Gasteiger partial charge < -0.3 is 14.8 Å². The van der Waals surface area contributed by atoms with Gasteiger partial charge in [-0.25, -0.2) is 14.0 Å². The SMILES string of the molecule is C[C@@]1(c2ccccc2)NC(=O)N(NC(=O)COC(=O)COc2cccc(F)c2)C1=O. The van der Waals surface area contributed by atoms with Gasteiger partial charge in [-0.3, -0.25) is 15.0 Å². The molecule has 1 heterocycles. The lowest BCUT2D eigenvalue weighted by Crippen LogP contribution is -2.49. The monoisotopic (exact) mass is 415 g/mol. The Bertz CT molecular complexity index is 984. The van der Waals surface area contributed by atoms with Crippen LogP contribution in [0.15, 0.2) is 54.6 Å². The van der Waals surface area contributed by atoms with Crippen LogP contribution in [0.3, 0.4) is 0 Å². The summed E-state index contributed by atoms with van der Waals surface area (Å²) in [5.41, 5.74) is 1.30. The molecule has 1 aliphatic heterocycles. The maximum atomic E-state index is 13.1. The zero-order chi connectivity index (χ0) is 21.7. The first-order valence-corrected chi connectivity index (χ1v) is 8.85. The summed E-state index contributed by atoms with van der Waals surface area (Å²) in [6.07, 6.45) is 0. The first kappa shape index (κ1) is 20.8. The van der Waals surface area contributed by atoms with Crippen molar-refractivity contribution in [3.05, 3.63) is 66.0 Å². The number of hydrazine groups is 1. The summed E-state index contributed by atoms with van der Waals surface area (Å²) < 4.78 is 22.8. The molecule has 2 aromatic carbocycles. The summed E-state index contributed by atoms with van der Waals surface area (Å²) in [7, 11) is 0. The molecule has 0 spiro atoms. The smallest absolute Gasteiger partial charge is 0.344 e. The van der Waals surface area contributed by atoms with E-state index in [1.165, 1.54) is 25.1 Å². The number of nitrogens with one attached hydrogen (secondary N) is 2. The molecule has 0 saturated carbocycles. The quantitative estimate of drug-likeness (QED) is 0.520. The number of halogens is 1. The zero-order valence-corrected chi connectivity index (χ0v) is 15.9. The first-order chi connectivity index (χ1) is 14.3. The number of benzene rings is 2. The number of rotatable bonds is 7. The van der Waals surface area contributed by atoms with Crippen LogP contribution < -0.4 is 15.5 Å². The summed E-state index contributed by atoms with van der Waals surface area (Å²) in [4.78, 5) is 48.5. The van der Waals surface area contributed by atoms with Crippen molar-refractivity contribution in [3.63, 3.8) is 0 Å². The highest BCUT2D eigenvalue weighted by Gasteiger charge is 2.49. The van der Waals surface area contributed by atoms with E-state index in [2.05, 4.69) is 10.7 Å². The van der Waals surface area contributed by atoms with Crippen molar-refractivity contribution in [2.75, 3.05) is 13.2 Å². The number of hydrogen-bond acceptors (Lipinski definition) is 6. The van der Waals surface area contributed by atoms with E-state index in [1.54, 1.807) is 30.3 Å². The largest absolute Gasteiger partial charge is 0.482 e. The Balaban J connectivity index is 1.50. The summed E-state index contributed by atoms with van der Waals surface area (Å²) in [5, 5.41) is 3.06. The number of carbonyl (C=O) groups is 4. The molecule has 1 saturated heterocycles. The molecule has 1 atom stereocenters. The molecule has 2 N–H and O–H groups in total. The van der Waals surface area contributed by atoms with Crippen LogP contribution in [0.25, 0.3) is 0 Å². The minimum atomic E-state index is -1.35. The molecular weight excluding hydrogens is 397 g/mol. The van der Waals surface area contributed by atoms with Gasteiger partial charge in [0.25, 0.3) is 11.8 Å². The van der Waals surface area contributed by atoms with Crippen molar-refractivity contribution >= 4 is 23.8 Å². The Kier molecular flexibility index (Phi) is 5.95. The molecule has 156 valence electrons. The molecule has 0 radical (unpaired) electrons. The Hall–Kier alpha value is -3.95. The Morgan fingerprint density at radius 2 is 1.83 bits per heavy atom. The van der Waals surface area contributed by atoms with Crippen molar-refractivity contribution in [3.8, 4) is 5.75 Å². The van der Waals surface area contributed by atoms with Crippen LogP contribution in [0.5, 0.6) is 5.75 Å². The number of esters is 1. The fourth-order valence-electron chi connectivity index (χ4n) is 2.75. The van der Waals surface area contributed by atoms with Crippen molar-refractivity contribution < 1.29 is 33.0 Å². The summed E-state index contributed by atoms with van der Waals surface area (Å²) in [6, 6.07) is 12.9. The average Bonchev–Trinajstić information content (AvgIpc) is 2.95. The lowest BCUT2D eigenvalue weighted by molar-refractivity contribution is -0.152. The molecule has 4 amide bonds. The van der Waals surface area contributed by atoms with Gasteiger partial charge in [0.2, 0.25) is 0 Å². The third-order valence-electron chi connectivity index (χ3n) is 4.30. The van der Waals surface area contributed by atoms with Crippen molar-refractivity contribution in [2.45, 2.75) is 12.5 Å². The summed E-state index contributed by atoms with van der Waals surface area (Å²) in [6.45, 7) is 0.217. The number of imide groups is 1. The van der Waals surface area contributed by atoms with E-state index in [0.717, 1.165) is 6.07 Å². The highest BCUT2D eigenvalue weighted by molar-refractivity contribution is 6.08. The molecule has 2 aromatic rings. The number of urea groups is 1. The molecule has 10 heteroatoms. The summed E-state index contributed by atoms with van der Waals surface area (Å²) in [5.74, 6) is -2.88. The zero-order valence-electron chi connectivity index (χ0n) is 15.9. The van der Waals surface area contributed by atoms with E-state index < -0.39 is 48.4 Å². The van der Waals surface area contributed by atoms with E-state index in [-0.39, 0.29) is 5.75 Å².